The van der Waals surface area contributed by atoms with E-state index in [-0.39, 0.29) is 24.8 Å². The summed E-state index contributed by atoms with van der Waals surface area (Å²) in [7, 11) is 3.83. The number of carbonyl (C=O) groups is 2. The first-order valence-corrected chi connectivity index (χ1v) is 11.0. The predicted molar refractivity (Wildman–Crippen MR) is 119 cm³/mol. The van der Waals surface area contributed by atoms with Crippen molar-refractivity contribution in [1.29, 1.82) is 0 Å². The summed E-state index contributed by atoms with van der Waals surface area (Å²) in [5.74, 6) is -0.551. The van der Waals surface area contributed by atoms with Crippen LogP contribution in [-0.4, -0.2) is 111 Å². The number of benzene rings is 1. The fourth-order valence-electron chi connectivity index (χ4n) is 3.80. The third-order valence-electron chi connectivity index (χ3n) is 5.81. The van der Waals surface area contributed by atoms with Crippen molar-refractivity contribution < 1.29 is 29.3 Å². The molecule has 2 fully saturated rings. The van der Waals surface area contributed by atoms with Gasteiger partial charge in [-0.3, -0.25) is 14.5 Å². The molecule has 32 heavy (non-hydrogen) atoms. The van der Waals surface area contributed by atoms with Crippen LogP contribution in [0.2, 0.25) is 0 Å². The van der Waals surface area contributed by atoms with E-state index in [0.29, 0.717) is 25.3 Å². The Hall–Kier alpha value is -2.24. The Morgan fingerprint density at radius 2 is 1.72 bits per heavy atom. The summed E-state index contributed by atoms with van der Waals surface area (Å²) in [5, 5.41) is 26.1. The SMILES string of the molecule is CN(C)c1ccc(C(=O)NC[C@H]2O[C@@H](CC(=O)NCCN3CCOCC3)[C@H](O)[C@@H]2O)cc1. The van der Waals surface area contributed by atoms with Gasteiger partial charge in [0.1, 0.15) is 18.3 Å². The van der Waals surface area contributed by atoms with Crippen LogP contribution in [0.3, 0.4) is 0 Å². The van der Waals surface area contributed by atoms with E-state index in [1.54, 1.807) is 12.1 Å². The summed E-state index contributed by atoms with van der Waals surface area (Å²) < 4.78 is 11.0. The molecule has 0 aromatic heterocycles. The van der Waals surface area contributed by atoms with Gasteiger partial charge in [-0.05, 0) is 24.3 Å². The number of morpholine rings is 1. The summed E-state index contributed by atoms with van der Waals surface area (Å²) in [4.78, 5) is 28.7. The maximum atomic E-state index is 12.4. The summed E-state index contributed by atoms with van der Waals surface area (Å²) >= 11 is 0. The van der Waals surface area contributed by atoms with Crippen LogP contribution in [0.1, 0.15) is 16.8 Å². The molecule has 0 spiro atoms. The topological polar surface area (TPSA) is 124 Å². The number of hydrogen-bond donors (Lipinski definition) is 4. The molecule has 0 aliphatic carbocycles. The molecule has 178 valence electrons. The maximum Gasteiger partial charge on any atom is 0.251 e. The second-order valence-electron chi connectivity index (χ2n) is 8.35. The van der Waals surface area contributed by atoms with Crippen LogP contribution < -0.4 is 15.5 Å². The lowest BCUT2D eigenvalue weighted by molar-refractivity contribution is -0.125. The zero-order valence-corrected chi connectivity index (χ0v) is 18.7. The molecule has 2 amide bonds. The number of anilines is 1. The van der Waals surface area contributed by atoms with Crippen molar-refractivity contribution in [2.45, 2.75) is 30.8 Å². The highest BCUT2D eigenvalue weighted by molar-refractivity contribution is 5.94. The molecular weight excluding hydrogens is 416 g/mol. The van der Waals surface area contributed by atoms with E-state index in [2.05, 4.69) is 15.5 Å². The molecule has 0 radical (unpaired) electrons. The normalized spacial score (nSPS) is 26.0. The van der Waals surface area contributed by atoms with Gasteiger partial charge >= 0.3 is 0 Å². The number of aliphatic hydroxyl groups is 2. The predicted octanol–water partition coefficient (Wildman–Crippen LogP) is -1.19. The molecule has 2 saturated heterocycles. The third-order valence-corrected chi connectivity index (χ3v) is 5.81. The first-order valence-electron chi connectivity index (χ1n) is 11.0. The van der Waals surface area contributed by atoms with E-state index >= 15 is 0 Å². The molecule has 0 bridgehead atoms. The molecule has 0 saturated carbocycles. The molecule has 10 heteroatoms. The quantitative estimate of drug-likeness (QED) is 0.370. The number of aliphatic hydroxyl groups excluding tert-OH is 2. The maximum absolute atomic E-state index is 12.4. The van der Waals surface area contributed by atoms with Gasteiger partial charge in [0.15, 0.2) is 0 Å². The highest BCUT2D eigenvalue weighted by atomic mass is 16.5. The van der Waals surface area contributed by atoms with Gasteiger partial charge in [0.05, 0.1) is 25.7 Å². The van der Waals surface area contributed by atoms with Crippen LogP contribution in [0.25, 0.3) is 0 Å². The van der Waals surface area contributed by atoms with E-state index in [0.717, 1.165) is 25.3 Å². The summed E-state index contributed by atoms with van der Waals surface area (Å²) in [5.41, 5.74) is 1.46. The van der Waals surface area contributed by atoms with Crippen molar-refractivity contribution in [2.24, 2.45) is 0 Å². The van der Waals surface area contributed by atoms with E-state index in [1.165, 1.54) is 0 Å². The second kappa shape index (κ2) is 11.6. The first kappa shape index (κ1) is 24.4. The fraction of sp³-hybridized carbons (Fsp3) is 0.636. The number of amides is 2. The third kappa shape index (κ3) is 6.63. The van der Waals surface area contributed by atoms with Crippen molar-refractivity contribution in [2.75, 3.05) is 64.9 Å². The van der Waals surface area contributed by atoms with Crippen molar-refractivity contribution in [3.05, 3.63) is 29.8 Å². The van der Waals surface area contributed by atoms with Crippen LogP contribution in [-0.2, 0) is 14.3 Å². The lowest BCUT2D eigenvalue weighted by Crippen LogP contribution is -2.42. The van der Waals surface area contributed by atoms with Gasteiger partial charge in [-0.2, -0.15) is 0 Å². The molecule has 2 heterocycles. The zero-order valence-electron chi connectivity index (χ0n) is 18.7. The van der Waals surface area contributed by atoms with Crippen LogP contribution in [0.15, 0.2) is 24.3 Å². The van der Waals surface area contributed by atoms with Crippen molar-refractivity contribution in [1.82, 2.24) is 15.5 Å². The minimum Gasteiger partial charge on any atom is -0.388 e. The van der Waals surface area contributed by atoms with Crippen LogP contribution in [0.4, 0.5) is 5.69 Å². The largest absolute Gasteiger partial charge is 0.388 e. The Morgan fingerprint density at radius 3 is 2.38 bits per heavy atom. The molecule has 4 atom stereocenters. The molecule has 2 aliphatic rings. The van der Waals surface area contributed by atoms with Crippen LogP contribution >= 0.6 is 0 Å². The molecule has 0 unspecified atom stereocenters. The van der Waals surface area contributed by atoms with Gasteiger partial charge in [-0.25, -0.2) is 0 Å². The van der Waals surface area contributed by atoms with Crippen molar-refractivity contribution >= 4 is 17.5 Å². The Morgan fingerprint density at radius 1 is 1.06 bits per heavy atom. The van der Waals surface area contributed by atoms with Crippen molar-refractivity contribution in [3.8, 4) is 0 Å². The minimum absolute atomic E-state index is 0.0294. The molecule has 3 rings (SSSR count). The minimum atomic E-state index is -1.19. The number of carbonyl (C=O) groups excluding carboxylic acids is 2. The van der Waals surface area contributed by atoms with E-state index in [9.17, 15) is 19.8 Å². The second-order valence-corrected chi connectivity index (χ2v) is 8.35. The Kier molecular flexibility index (Phi) is 8.83. The van der Waals surface area contributed by atoms with Crippen LogP contribution in [0.5, 0.6) is 0 Å². The van der Waals surface area contributed by atoms with E-state index < -0.39 is 24.4 Å². The standard InChI is InChI=1S/C22H34N4O6/c1-25(2)16-5-3-15(4-6-16)22(30)24-14-18-21(29)20(28)17(32-18)13-19(27)23-7-8-26-9-11-31-12-10-26/h3-6,17-18,20-21,28-29H,7-14H2,1-2H3,(H,23,27)(H,24,30)/t17-,18+,20-,21+/m0/s1. The molecule has 4 N–H and O–H groups in total. The number of nitrogens with zero attached hydrogens (tertiary/aromatic N) is 2. The Bertz CT molecular complexity index is 753. The van der Waals surface area contributed by atoms with Crippen molar-refractivity contribution in [3.63, 3.8) is 0 Å². The summed E-state index contributed by atoms with van der Waals surface area (Å²) in [6.45, 7) is 4.36. The Balaban J connectivity index is 1.40. The molecular formula is C22H34N4O6. The number of rotatable bonds is 9. The fourth-order valence-corrected chi connectivity index (χ4v) is 3.80. The molecule has 1 aromatic rings. The molecule has 1 aromatic carbocycles. The first-order chi connectivity index (χ1) is 15.3. The van der Waals surface area contributed by atoms with Gasteiger partial charge in [0.2, 0.25) is 5.91 Å². The lowest BCUT2D eigenvalue weighted by Gasteiger charge is -2.26. The van der Waals surface area contributed by atoms with Gasteiger partial charge in [0.25, 0.3) is 5.91 Å². The molecule has 10 nitrogen and oxygen atoms in total. The summed E-state index contributed by atoms with van der Waals surface area (Å²) in [6.07, 6.45) is -4.05. The van der Waals surface area contributed by atoms with Gasteiger partial charge < -0.3 is 35.2 Å². The van der Waals surface area contributed by atoms with Gasteiger partial charge in [-0.15, -0.1) is 0 Å². The van der Waals surface area contributed by atoms with E-state index in [1.807, 2.05) is 31.1 Å². The zero-order chi connectivity index (χ0) is 23.1. The number of nitrogens with one attached hydrogen (secondary N) is 2. The number of hydrogen-bond acceptors (Lipinski definition) is 8. The lowest BCUT2D eigenvalue weighted by atomic mass is 10.1. The summed E-state index contributed by atoms with van der Waals surface area (Å²) in [6, 6.07) is 7.12. The van der Waals surface area contributed by atoms with Gasteiger partial charge in [-0.1, -0.05) is 0 Å². The number of ether oxygens (including phenoxy) is 2. The van der Waals surface area contributed by atoms with Gasteiger partial charge in [0, 0.05) is 58.1 Å². The van der Waals surface area contributed by atoms with E-state index in [4.69, 9.17) is 9.47 Å². The Labute approximate surface area is 188 Å². The average Bonchev–Trinajstić information content (AvgIpc) is 3.06. The van der Waals surface area contributed by atoms with Crippen LogP contribution in [0, 0.1) is 0 Å². The highest BCUT2D eigenvalue weighted by Crippen LogP contribution is 2.23. The smallest absolute Gasteiger partial charge is 0.251 e. The molecule has 2 aliphatic heterocycles. The monoisotopic (exact) mass is 450 g/mol. The average molecular weight is 451 g/mol. The highest BCUT2D eigenvalue weighted by Gasteiger charge is 2.43.